The highest BCUT2D eigenvalue weighted by atomic mass is 13.9. The molecule has 0 radical (unpaired) electrons. The lowest BCUT2D eigenvalue weighted by atomic mass is 10.2. The van der Waals surface area contributed by atoms with Gasteiger partial charge in [-0.2, -0.15) is 0 Å². The second-order valence-corrected chi connectivity index (χ2v) is 2.66. The van der Waals surface area contributed by atoms with Crippen molar-refractivity contribution in [3.8, 4) is 0 Å². The number of hydrogen-bond acceptors (Lipinski definition) is 0. The summed E-state index contributed by atoms with van der Waals surface area (Å²) in [5.74, 6) is 0. The number of allylic oxidation sites excluding steroid dienone is 5. The molecule has 0 nitrogen and oxygen atoms in total. The fraction of sp³-hybridized carbons (Fsp3) is 0.400. The highest BCUT2D eigenvalue weighted by molar-refractivity contribution is 5.27. The summed E-state index contributed by atoms with van der Waals surface area (Å²) in [4.78, 5) is 0. The van der Waals surface area contributed by atoms with Crippen LogP contribution in [0.2, 0.25) is 0 Å². The predicted molar refractivity (Wildman–Crippen MR) is 45.9 cm³/mol. The zero-order valence-corrected chi connectivity index (χ0v) is 6.34. The lowest BCUT2D eigenvalue weighted by molar-refractivity contribution is 0.764. The van der Waals surface area contributed by atoms with Gasteiger partial charge in [-0.1, -0.05) is 30.9 Å². The van der Waals surface area contributed by atoms with Gasteiger partial charge in [0.2, 0.25) is 0 Å². The van der Waals surface area contributed by atoms with E-state index < -0.39 is 0 Å². The van der Waals surface area contributed by atoms with Crippen molar-refractivity contribution in [2.45, 2.75) is 25.7 Å². The van der Waals surface area contributed by atoms with Crippen LogP contribution in [0.25, 0.3) is 0 Å². The van der Waals surface area contributed by atoms with Gasteiger partial charge < -0.3 is 0 Å². The van der Waals surface area contributed by atoms with Gasteiger partial charge in [0.05, 0.1) is 0 Å². The van der Waals surface area contributed by atoms with Crippen LogP contribution in [0.4, 0.5) is 0 Å². The van der Waals surface area contributed by atoms with E-state index in [0.29, 0.717) is 0 Å². The second-order valence-electron chi connectivity index (χ2n) is 2.66. The Hall–Kier alpha value is -0.780. The molecule has 10 heavy (non-hydrogen) atoms. The van der Waals surface area contributed by atoms with E-state index in [-0.39, 0.29) is 0 Å². The average molecular weight is 134 g/mol. The monoisotopic (exact) mass is 134 g/mol. The molecule has 0 unspecified atom stereocenters. The van der Waals surface area contributed by atoms with Gasteiger partial charge in [0.1, 0.15) is 0 Å². The largest absolute Gasteiger partial charge is 0.0918 e. The first kappa shape index (κ1) is 7.33. The molecular formula is C10H14. The van der Waals surface area contributed by atoms with E-state index in [0.717, 1.165) is 5.57 Å². The smallest absolute Gasteiger partial charge is 0.0335 e. The van der Waals surface area contributed by atoms with E-state index in [1.807, 2.05) is 0 Å². The summed E-state index contributed by atoms with van der Waals surface area (Å²) in [6, 6.07) is 0. The van der Waals surface area contributed by atoms with E-state index in [9.17, 15) is 0 Å². The molecule has 0 atom stereocenters. The lowest BCUT2D eigenvalue weighted by Crippen LogP contribution is -1.69. The first-order valence-corrected chi connectivity index (χ1v) is 3.91. The molecule has 0 aromatic carbocycles. The molecule has 1 aliphatic carbocycles. The molecule has 0 saturated heterocycles. The molecule has 0 aromatic rings. The normalized spacial score (nSPS) is 26.2. The van der Waals surface area contributed by atoms with Gasteiger partial charge in [0, 0.05) is 0 Å². The van der Waals surface area contributed by atoms with Crippen molar-refractivity contribution >= 4 is 0 Å². The molecule has 0 aliphatic heterocycles. The molecule has 1 rings (SSSR count). The molecule has 0 saturated carbocycles. The van der Waals surface area contributed by atoms with Gasteiger partial charge in [-0.25, -0.2) is 0 Å². The van der Waals surface area contributed by atoms with Crippen molar-refractivity contribution in [2.24, 2.45) is 0 Å². The van der Waals surface area contributed by atoms with Crippen LogP contribution in [0.5, 0.6) is 0 Å². The van der Waals surface area contributed by atoms with E-state index in [1.54, 1.807) is 0 Å². The molecule has 0 bridgehead atoms. The third kappa shape index (κ3) is 2.67. The molecule has 0 fully saturated rings. The Bertz CT molecular complexity index is 143. The summed E-state index contributed by atoms with van der Waals surface area (Å²) < 4.78 is 0. The van der Waals surface area contributed by atoms with Crippen LogP contribution in [0.1, 0.15) is 25.7 Å². The van der Waals surface area contributed by atoms with Crippen LogP contribution in [-0.2, 0) is 0 Å². The molecule has 0 N–H and O–H groups in total. The Morgan fingerprint density at radius 2 is 1.50 bits per heavy atom. The average Bonchev–Trinajstić information content (AvgIpc) is 2.02. The highest BCUT2D eigenvalue weighted by Crippen LogP contribution is 2.07. The van der Waals surface area contributed by atoms with E-state index in [1.165, 1.54) is 25.7 Å². The molecule has 54 valence electrons. The standard InChI is InChI=1S/C10H14/c1-10-8-6-4-2-3-5-7-9-10/h6-9H,1-5H2/b8-6-,9-7-. The Morgan fingerprint density at radius 1 is 1.00 bits per heavy atom. The Labute approximate surface area is 62.9 Å². The number of hydrogen-bond donors (Lipinski definition) is 0. The Kier molecular flexibility index (Phi) is 3.01. The van der Waals surface area contributed by atoms with Crippen LogP contribution in [0.15, 0.2) is 36.5 Å². The maximum Gasteiger partial charge on any atom is -0.0335 e. The summed E-state index contributed by atoms with van der Waals surface area (Å²) in [6.45, 7) is 3.88. The van der Waals surface area contributed by atoms with Crippen molar-refractivity contribution in [3.63, 3.8) is 0 Å². The first-order chi connectivity index (χ1) is 4.89. The second kappa shape index (κ2) is 4.10. The maximum atomic E-state index is 3.88. The summed E-state index contributed by atoms with van der Waals surface area (Å²) >= 11 is 0. The fourth-order valence-corrected chi connectivity index (χ4v) is 1.05. The molecule has 0 heteroatoms. The van der Waals surface area contributed by atoms with Gasteiger partial charge in [0.15, 0.2) is 0 Å². The minimum atomic E-state index is 1.13. The topological polar surface area (TPSA) is 0 Å². The highest BCUT2D eigenvalue weighted by Gasteiger charge is 1.87. The minimum absolute atomic E-state index is 1.13. The maximum absolute atomic E-state index is 3.88. The first-order valence-electron chi connectivity index (χ1n) is 3.91. The Balaban J connectivity index is 2.51. The molecule has 0 aromatic heterocycles. The van der Waals surface area contributed by atoms with Gasteiger partial charge >= 0.3 is 0 Å². The van der Waals surface area contributed by atoms with Crippen molar-refractivity contribution in [1.29, 1.82) is 0 Å². The van der Waals surface area contributed by atoms with Gasteiger partial charge in [-0.3, -0.25) is 0 Å². The molecule has 1 aliphatic rings. The van der Waals surface area contributed by atoms with Gasteiger partial charge in [-0.05, 0) is 31.3 Å². The van der Waals surface area contributed by atoms with Crippen LogP contribution in [-0.4, -0.2) is 0 Å². The zero-order chi connectivity index (χ0) is 7.23. The predicted octanol–water partition coefficient (Wildman–Crippen LogP) is 3.23. The lowest BCUT2D eigenvalue weighted by Gasteiger charge is -1.88. The Morgan fingerprint density at radius 3 is 2.00 bits per heavy atom. The molecule has 0 heterocycles. The van der Waals surface area contributed by atoms with E-state index in [2.05, 4.69) is 30.9 Å². The van der Waals surface area contributed by atoms with E-state index in [4.69, 9.17) is 0 Å². The fourth-order valence-electron chi connectivity index (χ4n) is 1.05. The van der Waals surface area contributed by atoms with Gasteiger partial charge in [0.25, 0.3) is 0 Å². The van der Waals surface area contributed by atoms with Crippen LogP contribution in [0.3, 0.4) is 0 Å². The SMILES string of the molecule is C=C1/C=C\CCCC/C=C\1. The van der Waals surface area contributed by atoms with Crippen LogP contribution >= 0.6 is 0 Å². The van der Waals surface area contributed by atoms with E-state index >= 15 is 0 Å². The zero-order valence-electron chi connectivity index (χ0n) is 6.34. The summed E-state index contributed by atoms with van der Waals surface area (Å²) in [7, 11) is 0. The summed E-state index contributed by atoms with van der Waals surface area (Å²) in [6.07, 6.45) is 13.7. The van der Waals surface area contributed by atoms with Crippen molar-refractivity contribution in [1.82, 2.24) is 0 Å². The third-order valence-corrected chi connectivity index (χ3v) is 1.66. The van der Waals surface area contributed by atoms with Crippen molar-refractivity contribution in [2.75, 3.05) is 0 Å². The quantitative estimate of drug-likeness (QED) is 0.477. The van der Waals surface area contributed by atoms with Gasteiger partial charge in [-0.15, -0.1) is 0 Å². The van der Waals surface area contributed by atoms with Crippen molar-refractivity contribution in [3.05, 3.63) is 36.5 Å². The van der Waals surface area contributed by atoms with Crippen molar-refractivity contribution < 1.29 is 0 Å². The number of rotatable bonds is 0. The molecular weight excluding hydrogens is 120 g/mol. The molecule has 0 spiro atoms. The van der Waals surface area contributed by atoms with Crippen LogP contribution in [0, 0.1) is 0 Å². The summed E-state index contributed by atoms with van der Waals surface area (Å²) in [5, 5.41) is 0. The van der Waals surface area contributed by atoms with Crippen LogP contribution < -0.4 is 0 Å². The summed E-state index contributed by atoms with van der Waals surface area (Å²) in [5.41, 5.74) is 1.13. The minimum Gasteiger partial charge on any atom is -0.0918 e. The third-order valence-electron chi connectivity index (χ3n) is 1.66. The molecule has 0 amide bonds.